The van der Waals surface area contributed by atoms with Gasteiger partial charge in [0.2, 0.25) is 0 Å². The van der Waals surface area contributed by atoms with Gasteiger partial charge in [-0.25, -0.2) is 0 Å². The van der Waals surface area contributed by atoms with Gasteiger partial charge in [-0.05, 0) is 25.7 Å². The average Bonchev–Trinajstić information content (AvgIpc) is 2.41. The van der Waals surface area contributed by atoms with Gasteiger partial charge in [0.25, 0.3) is 0 Å². The molecule has 0 amide bonds. The first-order valence-corrected chi connectivity index (χ1v) is 2.96. The minimum absolute atomic E-state index is 1.33. The smallest absolute Gasteiger partial charge is 0.00521 e. The molecule has 0 N–H and O–H groups in total. The summed E-state index contributed by atoms with van der Waals surface area (Å²) in [5, 5.41) is 0. The van der Waals surface area contributed by atoms with Crippen LogP contribution in [0.3, 0.4) is 0 Å². The van der Waals surface area contributed by atoms with Gasteiger partial charge >= 0.3 is 0 Å². The van der Waals surface area contributed by atoms with Crippen LogP contribution in [0.1, 0.15) is 25.7 Å². The lowest BCUT2D eigenvalue weighted by Crippen LogP contribution is -1.85. The van der Waals surface area contributed by atoms with E-state index >= 15 is 0 Å². The van der Waals surface area contributed by atoms with E-state index in [-0.39, 0.29) is 0 Å². The Kier molecular flexibility index (Phi) is 0.511. The molecule has 0 aromatic heterocycles. The zero-order chi connectivity index (χ0) is 4.69. The Balaban J connectivity index is 2.11. The van der Waals surface area contributed by atoms with Gasteiger partial charge < -0.3 is 0 Å². The Morgan fingerprint density at radius 1 is 1.00 bits per heavy atom. The molecule has 2 aliphatic rings. The van der Waals surface area contributed by atoms with Gasteiger partial charge in [0.1, 0.15) is 0 Å². The first-order chi connectivity index (χ1) is 3.47. The maximum Gasteiger partial charge on any atom is 0.00521 e. The summed E-state index contributed by atoms with van der Waals surface area (Å²) < 4.78 is 0. The molecule has 0 aliphatic heterocycles. The quantitative estimate of drug-likeness (QED) is 0.401. The fraction of sp³-hybridized carbons (Fsp3) is 0.571. The predicted molar refractivity (Wildman–Crippen MR) is 29.0 cm³/mol. The fourth-order valence-electron chi connectivity index (χ4n) is 1.18. The van der Waals surface area contributed by atoms with Crippen molar-refractivity contribution in [1.29, 1.82) is 0 Å². The second-order valence-corrected chi connectivity index (χ2v) is 2.29. The number of rotatable bonds is 0. The van der Waals surface area contributed by atoms with Crippen molar-refractivity contribution >= 4 is 0 Å². The van der Waals surface area contributed by atoms with E-state index in [2.05, 4.69) is 5.73 Å². The second-order valence-electron chi connectivity index (χ2n) is 2.29. The van der Waals surface area contributed by atoms with Crippen molar-refractivity contribution in [2.45, 2.75) is 25.7 Å². The molecule has 0 radical (unpaired) electrons. The molecule has 0 aromatic rings. The van der Waals surface area contributed by atoms with Crippen LogP contribution in [0.15, 0.2) is 16.9 Å². The summed E-state index contributed by atoms with van der Waals surface area (Å²) in [6, 6.07) is 0. The van der Waals surface area contributed by atoms with Gasteiger partial charge in [-0.1, -0.05) is 0 Å². The molecule has 7 heavy (non-hydrogen) atoms. The molecule has 0 unspecified atom stereocenters. The first kappa shape index (κ1) is 3.51. The Morgan fingerprint density at radius 2 is 1.57 bits per heavy atom. The van der Waals surface area contributed by atoms with Gasteiger partial charge in [-0.3, -0.25) is 0 Å². The molecule has 0 heterocycles. The molecule has 0 heteroatoms. The minimum atomic E-state index is 1.33. The maximum absolute atomic E-state index is 3.26. The zero-order valence-electron chi connectivity index (χ0n) is 4.33. The van der Waals surface area contributed by atoms with Crippen LogP contribution < -0.4 is 0 Å². The van der Waals surface area contributed by atoms with E-state index in [1.807, 2.05) is 0 Å². The number of fused-ring (bicyclic) bond motifs is 1. The summed E-state index contributed by atoms with van der Waals surface area (Å²) in [6.45, 7) is 0. The molecule has 0 aromatic carbocycles. The van der Waals surface area contributed by atoms with E-state index in [9.17, 15) is 0 Å². The molecular formula is C7H8. The normalized spacial score (nSPS) is 25.1. The lowest BCUT2D eigenvalue weighted by Gasteiger charge is -2.02. The highest BCUT2D eigenvalue weighted by molar-refractivity contribution is 5.45. The third-order valence-electron chi connectivity index (χ3n) is 1.71. The van der Waals surface area contributed by atoms with Crippen molar-refractivity contribution in [2.24, 2.45) is 0 Å². The van der Waals surface area contributed by atoms with Crippen molar-refractivity contribution in [1.82, 2.24) is 0 Å². The summed E-state index contributed by atoms with van der Waals surface area (Å²) in [6.07, 6.45) is 5.47. The summed E-state index contributed by atoms with van der Waals surface area (Å²) >= 11 is 0. The molecule has 0 spiro atoms. The molecule has 1 fully saturated rings. The van der Waals surface area contributed by atoms with Crippen molar-refractivity contribution in [3.63, 3.8) is 0 Å². The van der Waals surface area contributed by atoms with Crippen molar-refractivity contribution in [3.05, 3.63) is 16.9 Å². The largest absolute Gasteiger partial charge is 0.112 e. The van der Waals surface area contributed by atoms with E-state index in [4.69, 9.17) is 0 Å². The molecule has 0 atom stereocenters. The van der Waals surface area contributed by atoms with Crippen LogP contribution in [0.5, 0.6) is 0 Å². The molecule has 2 aliphatic carbocycles. The SMILES string of the molecule is C1=C2CCCCC=12. The Hall–Kier alpha value is -0.480. The van der Waals surface area contributed by atoms with E-state index < -0.39 is 0 Å². The zero-order valence-corrected chi connectivity index (χ0v) is 4.33. The summed E-state index contributed by atoms with van der Waals surface area (Å²) in [4.78, 5) is 0. The average molecular weight is 92.1 g/mol. The number of allylic oxidation sites excluding steroid dienone is 1. The third kappa shape index (κ3) is 0.436. The fourth-order valence-corrected chi connectivity index (χ4v) is 1.18. The number of hydrogen-bond acceptors (Lipinski definition) is 0. The summed E-state index contributed by atoms with van der Waals surface area (Å²) in [5.74, 6) is 0. The van der Waals surface area contributed by atoms with Gasteiger partial charge in [-0.2, -0.15) is 0 Å². The molecule has 36 valence electrons. The van der Waals surface area contributed by atoms with Crippen LogP contribution in [-0.4, -0.2) is 0 Å². The van der Waals surface area contributed by atoms with Crippen molar-refractivity contribution in [3.8, 4) is 0 Å². The van der Waals surface area contributed by atoms with Crippen LogP contribution in [0.2, 0.25) is 0 Å². The highest BCUT2D eigenvalue weighted by atomic mass is 14.2. The van der Waals surface area contributed by atoms with Crippen LogP contribution in [0, 0.1) is 0 Å². The third-order valence-corrected chi connectivity index (χ3v) is 1.71. The van der Waals surface area contributed by atoms with E-state index in [0.29, 0.717) is 0 Å². The monoisotopic (exact) mass is 92.1 g/mol. The van der Waals surface area contributed by atoms with Gasteiger partial charge in [-0.15, -0.1) is 5.73 Å². The van der Waals surface area contributed by atoms with Crippen LogP contribution in [-0.2, 0) is 0 Å². The van der Waals surface area contributed by atoms with Crippen molar-refractivity contribution < 1.29 is 0 Å². The van der Waals surface area contributed by atoms with E-state index in [0.717, 1.165) is 0 Å². The van der Waals surface area contributed by atoms with E-state index in [1.54, 1.807) is 11.1 Å². The predicted octanol–water partition coefficient (Wildman–Crippen LogP) is 2.03. The lowest BCUT2D eigenvalue weighted by molar-refractivity contribution is 0.703. The maximum atomic E-state index is 3.26. The van der Waals surface area contributed by atoms with Gasteiger partial charge in [0, 0.05) is 11.1 Å². The van der Waals surface area contributed by atoms with Crippen LogP contribution in [0.4, 0.5) is 0 Å². The standard InChI is InChI=1S/C7H8/c1-2-4-7-5-6(7)3-1/h1-4H2. The molecule has 0 saturated heterocycles. The minimum Gasteiger partial charge on any atom is -0.112 e. The summed E-state index contributed by atoms with van der Waals surface area (Å²) in [7, 11) is 0. The van der Waals surface area contributed by atoms with Crippen molar-refractivity contribution in [2.75, 3.05) is 0 Å². The van der Waals surface area contributed by atoms with E-state index in [1.165, 1.54) is 25.7 Å². The van der Waals surface area contributed by atoms with Crippen LogP contribution in [0.25, 0.3) is 0 Å². The Morgan fingerprint density at radius 3 is 2.00 bits per heavy atom. The molecule has 0 nitrogen and oxygen atoms in total. The highest BCUT2D eigenvalue weighted by Crippen LogP contribution is 2.35. The molecule has 2 rings (SSSR count). The van der Waals surface area contributed by atoms with Crippen LogP contribution >= 0.6 is 0 Å². The molecular weight excluding hydrogens is 84.1 g/mol. The second kappa shape index (κ2) is 1.02. The topological polar surface area (TPSA) is 0 Å². The van der Waals surface area contributed by atoms with Gasteiger partial charge in [0.15, 0.2) is 0 Å². The van der Waals surface area contributed by atoms with Gasteiger partial charge in [0.05, 0.1) is 0 Å². The Labute approximate surface area is 43.5 Å². The Bertz CT molecular complexity index is 141. The number of hydrogen-bond donors (Lipinski definition) is 0. The molecule has 1 saturated carbocycles. The summed E-state index contributed by atoms with van der Waals surface area (Å²) in [5.41, 5.74) is 6.36. The molecule has 0 bridgehead atoms. The first-order valence-electron chi connectivity index (χ1n) is 2.96. The highest BCUT2D eigenvalue weighted by Gasteiger charge is 2.18. The lowest BCUT2D eigenvalue weighted by atomic mass is 10.0.